The molecule has 2 heterocycles. The number of halogens is 3. The van der Waals surface area contributed by atoms with E-state index in [-0.39, 0.29) is 18.2 Å². The van der Waals surface area contributed by atoms with Crippen LogP contribution in [0.5, 0.6) is 0 Å². The van der Waals surface area contributed by atoms with Crippen LogP contribution >= 0.6 is 0 Å². The fourth-order valence-corrected chi connectivity index (χ4v) is 3.23. The molecule has 3 rings (SSSR count). The van der Waals surface area contributed by atoms with E-state index >= 15 is 0 Å². The van der Waals surface area contributed by atoms with Crippen LogP contribution in [0.25, 0.3) is 0 Å². The lowest BCUT2D eigenvalue weighted by atomic mass is 10.1. The van der Waals surface area contributed by atoms with Gasteiger partial charge in [0.15, 0.2) is 0 Å². The number of hydrogen-bond acceptors (Lipinski definition) is 4. The number of urea groups is 1. The summed E-state index contributed by atoms with van der Waals surface area (Å²) in [5.74, 6) is 6.85. The summed E-state index contributed by atoms with van der Waals surface area (Å²) in [7, 11) is 0. The normalized spacial score (nSPS) is 15.6. The molecule has 2 amide bonds. The number of nitrogens with one attached hydrogen (secondary N) is 2. The average Bonchev–Trinajstić information content (AvgIpc) is 3.18. The molecule has 0 aliphatic carbocycles. The van der Waals surface area contributed by atoms with Crippen LogP contribution in [-0.4, -0.2) is 50.3 Å². The van der Waals surface area contributed by atoms with Crippen LogP contribution in [0.15, 0.2) is 40.8 Å². The zero-order valence-corrected chi connectivity index (χ0v) is 17.1. The topological polar surface area (TPSA) is 66.7 Å². The predicted octanol–water partition coefficient (Wildman–Crippen LogP) is 3.33. The zero-order chi connectivity index (χ0) is 22.3. The van der Waals surface area contributed by atoms with Gasteiger partial charge in [-0.3, -0.25) is 4.90 Å². The van der Waals surface area contributed by atoms with Gasteiger partial charge in [0.1, 0.15) is 11.5 Å². The minimum atomic E-state index is -4.42. The lowest BCUT2D eigenvalue weighted by molar-refractivity contribution is -0.137. The highest BCUT2D eigenvalue weighted by Crippen LogP contribution is 2.29. The maximum Gasteiger partial charge on any atom is 0.416 e. The fourth-order valence-electron chi connectivity index (χ4n) is 3.23. The zero-order valence-electron chi connectivity index (χ0n) is 17.1. The van der Waals surface area contributed by atoms with Gasteiger partial charge in [-0.15, -0.1) is 0 Å². The number of amides is 2. The summed E-state index contributed by atoms with van der Waals surface area (Å²) in [5, 5.41) is 5.40. The SMILES string of the molecule is Cc1ccc(C(CNC(=O)NCC#Cc2cccc(C(F)(F)F)c2)N2CCOCC2)o1. The summed E-state index contributed by atoms with van der Waals surface area (Å²) in [5.41, 5.74) is -0.523. The number of nitrogens with zero attached hydrogens (tertiary/aromatic N) is 1. The highest BCUT2D eigenvalue weighted by atomic mass is 19.4. The van der Waals surface area contributed by atoms with Gasteiger partial charge in [-0.25, -0.2) is 4.79 Å². The Balaban J connectivity index is 1.51. The second kappa shape index (κ2) is 10.4. The molecule has 0 bridgehead atoms. The second-order valence-electron chi connectivity index (χ2n) is 7.06. The molecular formula is C22H24F3N3O3. The Kier molecular flexibility index (Phi) is 7.60. The van der Waals surface area contributed by atoms with E-state index in [0.717, 1.165) is 36.7 Å². The molecule has 1 aliphatic rings. The van der Waals surface area contributed by atoms with Crippen molar-refractivity contribution in [3.05, 3.63) is 59.0 Å². The molecule has 0 saturated carbocycles. The van der Waals surface area contributed by atoms with Crippen LogP contribution in [0.4, 0.5) is 18.0 Å². The van der Waals surface area contributed by atoms with Crippen LogP contribution in [0.2, 0.25) is 0 Å². The van der Waals surface area contributed by atoms with Crippen LogP contribution in [0.1, 0.15) is 28.7 Å². The number of carbonyl (C=O) groups excluding carboxylic acids is 1. The summed E-state index contributed by atoms with van der Waals surface area (Å²) in [6.07, 6.45) is -4.42. The van der Waals surface area contributed by atoms with Crippen molar-refractivity contribution >= 4 is 6.03 Å². The molecule has 0 radical (unpaired) electrons. The minimum absolute atomic E-state index is 0.00413. The first-order valence-corrected chi connectivity index (χ1v) is 9.89. The quantitative estimate of drug-likeness (QED) is 0.708. The Morgan fingerprint density at radius 1 is 1.19 bits per heavy atom. The van der Waals surface area contributed by atoms with Crippen LogP contribution in [-0.2, 0) is 10.9 Å². The van der Waals surface area contributed by atoms with Gasteiger partial charge in [0.25, 0.3) is 0 Å². The van der Waals surface area contributed by atoms with Gasteiger partial charge in [-0.1, -0.05) is 17.9 Å². The Morgan fingerprint density at radius 3 is 2.65 bits per heavy atom. The monoisotopic (exact) mass is 435 g/mol. The molecule has 9 heteroatoms. The molecule has 1 saturated heterocycles. The molecule has 0 spiro atoms. The first-order valence-electron chi connectivity index (χ1n) is 9.89. The molecule has 2 aromatic rings. The van der Waals surface area contributed by atoms with E-state index in [0.29, 0.717) is 19.8 Å². The number of aryl methyl sites for hydroxylation is 1. The third-order valence-electron chi connectivity index (χ3n) is 4.79. The summed E-state index contributed by atoms with van der Waals surface area (Å²) < 4.78 is 49.4. The van der Waals surface area contributed by atoms with Crippen molar-refractivity contribution in [2.75, 3.05) is 39.4 Å². The summed E-state index contributed by atoms with van der Waals surface area (Å²) in [6, 6.07) is 7.99. The van der Waals surface area contributed by atoms with Crippen molar-refractivity contribution in [3.63, 3.8) is 0 Å². The van der Waals surface area contributed by atoms with E-state index in [1.807, 2.05) is 19.1 Å². The number of carbonyl (C=O) groups is 1. The largest absolute Gasteiger partial charge is 0.465 e. The van der Waals surface area contributed by atoms with E-state index < -0.39 is 17.8 Å². The van der Waals surface area contributed by atoms with E-state index in [1.165, 1.54) is 12.1 Å². The Labute approximate surface area is 178 Å². The smallest absolute Gasteiger partial charge is 0.416 e. The summed E-state index contributed by atoms with van der Waals surface area (Å²) in [6.45, 7) is 4.90. The Morgan fingerprint density at radius 2 is 1.97 bits per heavy atom. The van der Waals surface area contributed by atoms with Crippen LogP contribution in [0, 0.1) is 18.8 Å². The average molecular weight is 435 g/mol. The maximum atomic E-state index is 12.7. The fraction of sp³-hybridized carbons (Fsp3) is 0.409. The third kappa shape index (κ3) is 6.77. The first-order chi connectivity index (χ1) is 14.8. The van der Waals surface area contributed by atoms with Crippen molar-refractivity contribution in [1.82, 2.24) is 15.5 Å². The number of rotatable bonds is 5. The van der Waals surface area contributed by atoms with Gasteiger partial charge in [0.2, 0.25) is 0 Å². The maximum absolute atomic E-state index is 12.7. The number of benzene rings is 1. The molecule has 166 valence electrons. The third-order valence-corrected chi connectivity index (χ3v) is 4.79. The molecule has 1 aromatic heterocycles. The van der Waals surface area contributed by atoms with Crippen molar-refractivity contribution < 1.29 is 27.1 Å². The van der Waals surface area contributed by atoms with Crippen molar-refractivity contribution in [2.24, 2.45) is 0 Å². The lowest BCUT2D eigenvalue weighted by Crippen LogP contribution is -2.45. The van der Waals surface area contributed by atoms with E-state index in [9.17, 15) is 18.0 Å². The number of morpholine rings is 1. The van der Waals surface area contributed by atoms with Gasteiger partial charge < -0.3 is 19.8 Å². The summed E-state index contributed by atoms with van der Waals surface area (Å²) >= 11 is 0. The van der Waals surface area contributed by atoms with Crippen molar-refractivity contribution in [2.45, 2.75) is 19.1 Å². The van der Waals surface area contributed by atoms with Crippen LogP contribution < -0.4 is 10.6 Å². The molecule has 1 aliphatic heterocycles. The molecule has 6 nitrogen and oxygen atoms in total. The molecule has 2 N–H and O–H groups in total. The highest BCUT2D eigenvalue weighted by Gasteiger charge is 2.30. The number of alkyl halides is 3. The van der Waals surface area contributed by atoms with Crippen LogP contribution in [0.3, 0.4) is 0 Å². The number of hydrogen-bond donors (Lipinski definition) is 2. The van der Waals surface area contributed by atoms with Gasteiger partial charge in [-0.05, 0) is 37.3 Å². The van der Waals surface area contributed by atoms with E-state index in [1.54, 1.807) is 0 Å². The molecule has 1 atom stereocenters. The molecule has 1 unspecified atom stereocenters. The van der Waals surface area contributed by atoms with Gasteiger partial charge in [-0.2, -0.15) is 13.2 Å². The van der Waals surface area contributed by atoms with Crippen molar-refractivity contribution in [3.8, 4) is 11.8 Å². The van der Waals surface area contributed by atoms with E-state index in [2.05, 4.69) is 27.4 Å². The number of furan rings is 1. The van der Waals surface area contributed by atoms with Gasteiger partial charge >= 0.3 is 12.2 Å². The standard InChI is InChI=1S/C22H24F3N3O3/c1-16-7-8-20(31-16)19(28-10-12-30-13-11-28)15-27-21(29)26-9-3-5-17-4-2-6-18(14-17)22(23,24)25/h2,4,6-8,14,19H,9-13,15H2,1H3,(H2,26,27,29). The van der Waals surface area contributed by atoms with Gasteiger partial charge in [0, 0.05) is 25.2 Å². The molecule has 31 heavy (non-hydrogen) atoms. The molecule has 1 fully saturated rings. The first kappa shape index (κ1) is 22.7. The second-order valence-corrected chi connectivity index (χ2v) is 7.06. The summed E-state index contributed by atoms with van der Waals surface area (Å²) in [4.78, 5) is 14.3. The number of ether oxygens (including phenoxy) is 1. The lowest BCUT2D eigenvalue weighted by Gasteiger charge is -2.33. The van der Waals surface area contributed by atoms with Gasteiger partial charge in [0.05, 0.1) is 31.4 Å². The predicted molar refractivity (Wildman–Crippen MR) is 108 cm³/mol. The Bertz CT molecular complexity index is 940. The van der Waals surface area contributed by atoms with E-state index in [4.69, 9.17) is 9.15 Å². The van der Waals surface area contributed by atoms with Crippen molar-refractivity contribution in [1.29, 1.82) is 0 Å². The molecular weight excluding hydrogens is 411 g/mol. The molecule has 1 aromatic carbocycles. The minimum Gasteiger partial charge on any atom is -0.465 e. The highest BCUT2D eigenvalue weighted by molar-refractivity contribution is 5.74. The Hall–Kier alpha value is -2.96.